The van der Waals surface area contributed by atoms with Crippen molar-refractivity contribution in [2.24, 2.45) is 5.73 Å². The fraction of sp³-hybridized carbons (Fsp3) is 0.583. The summed E-state index contributed by atoms with van der Waals surface area (Å²) in [5.74, 6) is 0.388. The van der Waals surface area contributed by atoms with Crippen LogP contribution >= 0.6 is 11.8 Å². The summed E-state index contributed by atoms with van der Waals surface area (Å²) in [6.45, 7) is 3.67. The standard InChI is InChI=1S/C12H20N4O3S/c1-7-11(8(2)16-15-7)14-10(17)6-20-5-4-9(13)12(18)19-3/h9H,4-6,13H2,1-3H3,(H,14,17)(H,15,16). The second kappa shape index (κ2) is 7.91. The van der Waals surface area contributed by atoms with Crippen LogP contribution in [0.2, 0.25) is 0 Å². The lowest BCUT2D eigenvalue weighted by Crippen LogP contribution is -2.32. The average Bonchev–Trinajstić information content (AvgIpc) is 2.74. The molecule has 4 N–H and O–H groups in total. The van der Waals surface area contributed by atoms with Gasteiger partial charge in [0.25, 0.3) is 0 Å². The zero-order valence-electron chi connectivity index (χ0n) is 11.9. The number of carbonyl (C=O) groups excluding carboxylic acids is 2. The van der Waals surface area contributed by atoms with Crippen molar-refractivity contribution in [1.82, 2.24) is 10.2 Å². The van der Waals surface area contributed by atoms with E-state index in [1.54, 1.807) is 0 Å². The van der Waals surface area contributed by atoms with Gasteiger partial charge in [-0.05, 0) is 26.0 Å². The van der Waals surface area contributed by atoms with Crippen molar-refractivity contribution < 1.29 is 14.3 Å². The van der Waals surface area contributed by atoms with E-state index in [2.05, 4.69) is 20.3 Å². The summed E-state index contributed by atoms with van der Waals surface area (Å²) in [5.41, 5.74) is 7.90. The molecule has 7 nitrogen and oxygen atoms in total. The molecule has 0 aliphatic carbocycles. The minimum Gasteiger partial charge on any atom is -0.468 e. The highest BCUT2D eigenvalue weighted by molar-refractivity contribution is 7.99. The van der Waals surface area contributed by atoms with Crippen LogP contribution in [0, 0.1) is 13.8 Å². The summed E-state index contributed by atoms with van der Waals surface area (Å²) in [5, 5.41) is 9.61. The van der Waals surface area contributed by atoms with Gasteiger partial charge >= 0.3 is 5.97 Å². The Labute approximate surface area is 122 Å². The van der Waals surface area contributed by atoms with Crippen LogP contribution in [0.1, 0.15) is 17.8 Å². The highest BCUT2D eigenvalue weighted by atomic mass is 32.2. The van der Waals surface area contributed by atoms with Crippen LogP contribution in [0.15, 0.2) is 0 Å². The molecule has 0 aliphatic heterocycles. The molecular formula is C12H20N4O3S. The van der Waals surface area contributed by atoms with E-state index in [1.165, 1.54) is 18.9 Å². The van der Waals surface area contributed by atoms with E-state index in [-0.39, 0.29) is 5.91 Å². The van der Waals surface area contributed by atoms with Crippen LogP contribution in [-0.4, -0.2) is 46.7 Å². The van der Waals surface area contributed by atoms with Gasteiger partial charge in [-0.1, -0.05) is 0 Å². The van der Waals surface area contributed by atoms with Gasteiger partial charge in [0, 0.05) is 0 Å². The van der Waals surface area contributed by atoms with Crippen LogP contribution in [0.4, 0.5) is 5.69 Å². The molecule has 1 atom stereocenters. The minimum absolute atomic E-state index is 0.103. The molecule has 0 spiro atoms. The van der Waals surface area contributed by atoms with Gasteiger partial charge in [0.2, 0.25) is 5.91 Å². The van der Waals surface area contributed by atoms with Gasteiger partial charge in [-0.2, -0.15) is 16.9 Å². The van der Waals surface area contributed by atoms with E-state index in [1.807, 2.05) is 13.8 Å². The molecule has 1 rings (SSSR count). The van der Waals surface area contributed by atoms with Crippen molar-refractivity contribution in [3.63, 3.8) is 0 Å². The molecule has 0 saturated carbocycles. The molecule has 1 heterocycles. The molecule has 0 bridgehead atoms. The second-order valence-electron chi connectivity index (χ2n) is 4.33. The molecule has 8 heteroatoms. The molecule has 20 heavy (non-hydrogen) atoms. The molecule has 0 aliphatic rings. The fourth-order valence-corrected chi connectivity index (χ4v) is 2.38. The first-order valence-electron chi connectivity index (χ1n) is 6.18. The lowest BCUT2D eigenvalue weighted by Gasteiger charge is -2.08. The van der Waals surface area contributed by atoms with Crippen LogP contribution in [-0.2, 0) is 14.3 Å². The summed E-state index contributed by atoms with van der Waals surface area (Å²) in [7, 11) is 1.30. The number of hydrogen-bond acceptors (Lipinski definition) is 6. The van der Waals surface area contributed by atoms with Gasteiger partial charge in [-0.25, -0.2) is 0 Å². The van der Waals surface area contributed by atoms with Gasteiger partial charge in [-0.15, -0.1) is 0 Å². The molecule has 1 aromatic rings. The van der Waals surface area contributed by atoms with Crippen molar-refractivity contribution in [2.75, 3.05) is 23.9 Å². The number of methoxy groups -OCH3 is 1. The Morgan fingerprint density at radius 1 is 1.50 bits per heavy atom. The van der Waals surface area contributed by atoms with Gasteiger partial charge < -0.3 is 15.8 Å². The Bertz CT molecular complexity index is 456. The predicted octanol–water partition coefficient (Wildman–Crippen LogP) is 0.589. The number of anilines is 1. The normalized spacial score (nSPS) is 12.0. The molecule has 0 aromatic carbocycles. The third-order valence-corrected chi connectivity index (χ3v) is 3.69. The van der Waals surface area contributed by atoms with E-state index in [0.717, 1.165) is 17.1 Å². The van der Waals surface area contributed by atoms with Crippen molar-refractivity contribution in [3.8, 4) is 0 Å². The molecular weight excluding hydrogens is 280 g/mol. The molecule has 112 valence electrons. The third-order valence-electron chi connectivity index (χ3n) is 2.70. The zero-order chi connectivity index (χ0) is 15.1. The summed E-state index contributed by atoms with van der Waals surface area (Å²) < 4.78 is 4.52. The zero-order valence-corrected chi connectivity index (χ0v) is 12.7. The first-order chi connectivity index (χ1) is 9.45. The van der Waals surface area contributed by atoms with Crippen molar-refractivity contribution in [1.29, 1.82) is 0 Å². The lowest BCUT2D eigenvalue weighted by molar-refractivity contribution is -0.142. The van der Waals surface area contributed by atoms with Crippen LogP contribution in [0.3, 0.4) is 0 Å². The van der Waals surface area contributed by atoms with Crippen LogP contribution < -0.4 is 11.1 Å². The molecule has 1 unspecified atom stereocenters. The first-order valence-corrected chi connectivity index (χ1v) is 7.33. The largest absolute Gasteiger partial charge is 0.468 e. The van der Waals surface area contributed by atoms with E-state index in [9.17, 15) is 9.59 Å². The third kappa shape index (κ3) is 4.86. The Hall–Kier alpha value is -1.54. The van der Waals surface area contributed by atoms with Gasteiger partial charge in [0.15, 0.2) is 0 Å². The number of rotatable bonds is 7. The number of nitrogens with one attached hydrogen (secondary N) is 2. The monoisotopic (exact) mass is 300 g/mol. The second-order valence-corrected chi connectivity index (χ2v) is 5.43. The first kappa shape index (κ1) is 16.5. The number of H-pyrrole nitrogens is 1. The summed E-state index contributed by atoms with van der Waals surface area (Å²) in [6, 6.07) is -0.631. The number of nitrogens with two attached hydrogens (primary N) is 1. The molecule has 1 aromatic heterocycles. The SMILES string of the molecule is COC(=O)C(N)CCSCC(=O)Nc1c(C)n[nH]c1C. The quantitative estimate of drug-likeness (QED) is 0.502. The Kier molecular flexibility index (Phi) is 6.53. The number of ether oxygens (including phenoxy) is 1. The van der Waals surface area contributed by atoms with Gasteiger partial charge in [-0.3, -0.25) is 14.7 Å². The van der Waals surface area contributed by atoms with Crippen LogP contribution in [0.5, 0.6) is 0 Å². The van der Waals surface area contributed by atoms with E-state index >= 15 is 0 Å². The maximum atomic E-state index is 11.8. The maximum absolute atomic E-state index is 11.8. The van der Waals surface area contributed by atoms with Crippen molar-refractivity contribution in [2.45, 2.75) is 26.3 Å². The summed E-state index contributed by atoms with van der Waals surface area (Å²) >= 11 is 1.42. The number of aromatic nitrogens is 2. The van der Waals surface area contributed by atoms with E-state index in [4.69, 9.17) is 5.73 Å². The summed E-state index contributed by atoms with van der Waals surface area (Å²) in [6.07, 6.45) is 0.481. The smallest absolute Gasteiger partial charge is 0.322 e. The lowest BCUT2D eigenvalue weighted by atomic mass is 10.2. The Morgan fingerprint density at radius 3 is 2.75 bits per heavy atom. The van der Waals surface area contributed by atoms with Gasteiger partial charge in [0.05, 0.1) is 29.9 Å². The molecule has 0 radical (unpaired) electrons. The maximum Gasteiger partial charge on any atom is 0.322 e. The number of amides is 1. The van der Waals surface area contributed by atoms with Crippen molar-refractivity contribution in [3.05, 3.63) is 11.4 Å². The van der Waals surface area contributed by atoms with Crippen LogP contribution in [0.25, 0.3) is 0 Å². The van der Waals surface area contributed by atoms with Gasteiger partial charge in [0.1, 0.15) is 6.04 Å². The average molecular weight is 300 g/mol. The number of carbonyl (C=O) groups is 2. The Balaban J connectivity index is 2.26. The highest BCUT2D eigenvalue weighted by Gasteiger charge is 2.14. The highest BCUT2D eigenvalue weighted by Crippen LogP contribution is 2.16. The van der Waals surface area contributed by atoms with E-state index < -0.39 is 12.0 Å². The number of hydrogen-bond donors (Lipinski definition) is 3. The molecule has 0 fully saturated rings. The molecule has 1 amide bonds. The summed E-state index contributed by atoms with van der Waals surface area (Å²) in [4.78, 5) is 22.8. The molecule has 0 saturated heterocycles. The number of aromatic amines is 1. The van der Waals surface area contributed by atoms with E-state index in [0.29, 0.717) is 17.9 Å². The number of nitrogens with zero attached hydrogens (tertiary/aromatic N) is 1. The Morgan fingerprint density at radius 2 is 2.20 bits per heavy atom. The van der Waals surface area contributed by atoms with Crippen molar-refractivity contribution >= 4 is 29.3 Å². The number of thioether (sulfide) groups is 1. The minimum atomic E-state index is -0.631. The topological polar surface area (TPSA) is 110 Å². The fourth-order valence-electron chi connectivity index (χ4n) is 1.55. The predicted molar refractivity (Wildman–Crippen MR) is 78.6 cm³/mol. The number of aryl methyl sites for hydroxylation is 2. The number of esters is 1.